The van der Waals surface area contributed by atoms with Gasteiger partial charge in [0.2, 0.25) is 5.91 Å². The third-order valence-electron chi connectivity index (χ3n) is 6.48. The first-order valence-corrected chi connectivity index (χ1v) is 9.15. The van der Waals surface area contributed by atoms with Crippen LogP contribution in [0.25, 0.3) is 0 Å². The normalized spacial score (nSPS) is 30.4. The number of ether oxygens (including phenoxy) is 1. The van der Waals surface area contributed by atoms with Crippen molar-refractivity contribution in [2.45, 2.75) is 24.9 Å². The number of carbonyl (C=O) groups is 3. The molecule has 2 aliphatic carbocycles. The standard InChI is InChI=1S/C22H19NO4/c1-27-21(26)22-16-11-17(24)18(22)20(25)23(12-13-7-3-2-4-8-13)19(22)15-10-6-5-9-14(15)16/h2-10,16,18-19H,11-12H2,1H3/t16-,18+,19+,22-/m1/s1. The van der Waals surface area contributed by atoms with Gasteiger partial charge >= 0.3 is 5.97 Å². The number of carbonyl (C=O) groups excluding carboxylic acids is 3. The molecule has 27 heavy (non-hydrogen) atoms. The quantitative estimate of drug-likeness (QED) is 0.623. The van der Waals surface area contributed by atoms with E-state index in [4.69, 9.17) is 4.74 Å². The Morgan fingerprint density at radius 1 is 1.07 bits per heavy atom. The van der Waals surface area contributed by atoms with Gasteiger partial charge in [0.25, 0.3) is 0 Å². The van der Waals surface area contributed by atoms with Crippen molar-refractivity contribution in [1.82, 2.24) is 4.90 Å². The molecule has 3 aliphatic rings. The van der Waals surface area contributed by atoms with E-state index < -0.39 is 23.3 Å². The van der Waals surface area contributed by atoms with Crippen molar-refractivity contribution in [1.29, 1.82) is 0 Å². The van der Waals surface area contributed by atoms with Crippen LogP contribution in [0.5, 0.6) is 0 Å². The second-order valence-electron chi connectivity index (χ2n) is 7.56. The van der Waals surface area contributed by atoms with Crippen molar-refractivity contribution in [3.05, 3.63) is 71.3 Å². The first-order valence-electron chi connectivity index (χ1n) is 9.15. The van der Waals surface area contributed by atoms with Crippen LogP contribution >= 0.6 is 0 Å². The summed E-state index contributed by atoms with van der Waals surface area (Å²) >= 11 is 0. The van der Waals surface area contributed by atoms with E-state index in [0.29, 0.717) is 6.54 Å². The second-order valence-corrected chi connectivity index (χ2v) is 7.56. The summed E-state index contributed by atoms with van der Waals surface area (Å²) in [4.78, 5) is 41.0. The highest BCUT2D eigenvalue weighted by Gasteiger charge is 2.76. The van der Waals surface area contributed by atoms with Gasteiger partial charge in [0.05, 0.1) is 13.2 Å². The van der Waals surface area contributed by atoms with E-state index in [-0.39, 0.29) is 24.0 Å². The van der Waals surface area contributed by atoms with Crippen LogP contribution in [0.15, 0.2) is 54.6 Å². The molecule has 2 aromatic carbocycles. The zero-order valence-corrected chi connectivity index (χ0v) is 14.9. The Bertz CT molecular complexity index is 969. The van der Waals surface area contributed by atoms with E-state index in [2.05, 4.69) is 0 Å². The number of rotatable bonds is 3. The minimum atomic E-state index is -1.14. The summed E-state index contributed by atoms with van der Waals surface area (Å²) in [5, 5.41) is 0. The third kappa shape index (κ3) is 1.86. The zero-order valence-electron chi connectivity index (χ0n) is 14.9. The molecule has 0 radical (unpaired) electrons. The van der Waals surface area contributed by atoms with Gasteiger partial charge in [0, 0.05) is 18.9 Å². The summed E-state index contributed by atoms with van der Waals surface area (Å²) in [6.45, 7) is 0.369. The molecule has 1 aliphatic heterocycles. The van der Waals surface area contributed by atoms with Crippen molar-refractivity contribution in [2.24, 2.45) is 11.3 Å². The Morgan fingerprint density at radius 2 is 1.74 bits per heavy atom. The van der Waals surface area contributed by atoms with Gasteiger partial charge in [0.15, 0.2) is 0 Å². The van der Waals surface area contributed by atoms with E-state index in [0.717, 1.165) is 16.7 Å². The van der Waals surface area contributed by atoms with E-state index in [1.807, 2.05) is 54.6 Å². The highest BCUT2D eigenvalue weighted by atomic mass is 16.5. The average molecular weight is 361 g/mol. The van der Waals surface area contributed by atoms with Crippen LogP contribution in [0.4, 0.5) is 0 Å². The smallest absolute Gasteiger partial charge is 0.316 e. The summed E-state index contributed by atoms with van der Waals surface area (Å²) in [5.41, 5.74) is 1.79. The van der Waals surface area contributed by atoms with Gasteiger partial charge in [-0.05, 0) is 16.7 Å². The Hall–Kier alpha value is -2.95. The lowest BCUT2D eigenvalue weighted by Gasteiger charge is -2.32. The van der Waals surface area contributed by atoms with E-state index in [9.17, 15) is 14.4 Å². The van der Waals surface area contributed by atoms with Crippen molar-refractivity contribution < 1.29 is 19.1 Å². The number of nitrogens with zero attached hydrogens (tertiary/aromatic N) is 1. The van der Waals surface area contributed by atoms with Gasteiger partial charge in [-0.2, -0.15) is 0 Å². The molecule has 4 atom stereocenters. The van der Waals surface area contributed by atoms with E-state index in [1.165, 1.54) is 7.11 Å². The maximum Gasteiger partial charge on any atom is 0.316 e. The molecule has 1 amide bonds. The van der Waals surface area contributed by atoms with Crippen molar-refractivity contribution in [3.8, 4) is 0 Å². The Labute approximate surface area is 156 Å². The first-order chi connectivity index (χ1) is 13.1. The van der Waals surface area contributed by atoms with Gasteiger partial charge in [-0.1, -0.05) is 54.6 Å². The number of amides is 1. The molecule has 5 nitrogen and oxygen atoms in total. The number of fused-ring (bicyclic) bond motifs is 3. The predicted octanol–water partition coefficient (Wildman–Crippen LogP) is 2.62. The van der Waals surface area contributed by atoms with E-state index in [1.54, 1.807) is 4.90 Å². The fourth-order valence-electron chi connectivity index (χ4n) is 5.56. The summed E-state index contributed by atoms with van der Waals surface area (Å²) in [7, 11) is 1.34. The zero-order chi connectivity index (χ0) is 18.8. The molecule has 0 aromatic heterocycles. The van der Waals surface area contributed by atoms with Gasteiger partial charge in [-0.25, -0.2) is 0 Å². The van der Waals surface area contributed by atoms with Crippen LogP contribution in [-0.2, 0) is 25.7 Å². The minimum Gasteiger partial charge on any atom is -0.468 e. The molecule has 1 saturated heterocycles. The fourth-order valence-corrected chi connectivity index (χ4v) is 5.56. The van der Waals surface area contributed by atoms with Crippen LogP contribution in [0.1, 0.15) is 35.1 Å². The number of likely N-dealkylation sites (tertiary alicyclic amines) is 1. The largest absolute Gasteiger partial charge is 0.468 e. The molecule has 2 fully saturated rings. The highest BCUT2D eigenvalue weighted by Crippen LogP contribution is 2.70. The predicted molar refractivity (Wildman–Crippen MR) is 96.5 cm³/mol. The number of hydrogen-bond acceptors (Lipinski definition) is 4. The third-order valence-corrected chi connectivity index (χ3v) is 6.48. The fraction of sp³-hybridized carbons (Fsp3) is 0.318. The number of benzene rings is 2. The minimum absolute atomic E-state index is 0.148. The highest BCUT2D eigenvalue weighted by molar-refractivity contribution is 6.13. The van der Waals surface area contributed by atoms with Gasteiger partial charge < -0.3 is 9.64 Å². The monoisotopic (exact) mass is 361 g/mol. The van der Waals surface area contributed by atoms with Crippen LogP contribution in [0.3, 0.4) is 0 Å². The second kappa shape index (κ2) is 5.52. The lowest BCUT2D eigenvalue weighted by Crippen LogP contribution is -2.40. The lowest BCUT2D eigenvalue weighted by atomic mass is 9.72. The molecule has 0 bridgehead atoms. The summed E-state index contributed by atoms with van der Waals surface area (Å²) in [5.74, 6) is -2.10. The van der Waals surface area contributed by atoms with Crippen LogP contribution < -0.4 is 0 Å². The van der Waals surface area contributed by atoms with Crippen LogP contribution in [0.2, 0.25) is 0 Å². The Balaban J connectivity index is 1.72. The number of ketones is 1. The Kier molecular flexibility index (Phi) is 3.32. The van der Waals surface area contributed by atoms with Gasteiger partial charge in [0.1, 0.15) is 17.1 Å². The molecule has 5 heteroatoms. The number of Topliss-reactive ketones (excluding diaryl/α,β-unsaturated/α-hetero) is 1. The summed E-state index contributed by atoms with van der Waals surface area (Å²) in [6.07, 6.45) is 0.220. The summed E-state index contributed by atoms with van der Waals surface area (Å²) in [6, 6.07) is 17.0. The SMILES string of the molecule is COC(=O)[C@@]12[C@H]3C(=O)C[C@@H]1c1ccccc1[C@@H]2N(Cc1ccccc1)C3=O. The lowest BCUT2D eigenvalue weighted by molar-refractivity contribution is -0.158. The molecule has 0 N–H and O–H groups in total. The summed E-state index contributed by atoms with van der Waals surface area (Å²) < 4.78 is 5.18. The Morgan fingerprint density at radius 3 is 2.44 bits per heavy atom. The maximum absolute atomic E-state index is 13.3. The van der Waals surface area contributed by atoms with Crippen LogP contribution in [0, 0.1) is 11.3 Å². The molecule has 5 rings (SSSR count). The molecule has 2 aromatic rings. The van der Waals surface area contributed by atoms with Crippen LogP contribution in [-0.4, -0.2) is 29.7 Å². The van der Waals surface area contributed by atoms with E-state index >= 15 is 0 Å². The van der Waals surface area contributed by atoms with Gasteiger partial charge in [-0.3, -0.25) is 14.4 Å². The molecule has 1 saturated carbocycles. The number of hydrogen-bond donors (Lipinski definition) is 0. The molecule has 1 heterocycles. The first kappa shape index (κ1) is 16.2. The molecule has 0 spiro atoms. The van der Waals surface area contributed by atoms with Crippen molar-refractivity contribution >= 4 is 17.7 Å². The molecular formula is C22H19NO4. The maximum atomic E-state index is 13.3. The van der Waals surface area contributed by atoms with Gasteiger partial charge in [-0.15, -0.1) is 0 Å². The molecule has 136 valence electrons. The molecule has 0 unspecified atom stereocenters. The number of esters is 1. The van der Waals surface area contributed by atoms with Crippen molar-refractivity contribution in [3.63, 3.8) is 0 Å². The average Bonchev–Trinajstić information content (AvgIpc) is 3.24. The number of methoxy groups -OCH3 is 1. The molecular weight excluding hydrogens is 342 g/mol. The van der Waals surface area contributed by atoms with Crippen molar-refractivity contribution in [2.75, 3.05) is 7.11 Å². The topological polar surface area (TPSA) is 63.7 Å².